The molecule has 2 rings (SSSR count). The first-order valence-electron chi connectivity index (χ1n) is 6.48. The van der Waals surface area contributed by atoms with Crippen LogP contribution in [0, 0.1) is 0 Å². The Morgan fingerprint density at radius 2 is 2.12 bits per heavy atom. The zero-order valence-electron chi connectivity index (χ0n) is 11.0. The molecule has 0 bridgehead atoms. The number of hydrogen-bond acceptors (Lipinski definition) is 4. The van der Waals surface area contributed by atoms with E-state index in [1.807, 2.05) is 0 Å². The summed E-state index contributed by atoms with van der Waals surface area (Å²) in [7, 11) is 0. The number of morpholine rings is 1. The number of aryl methyl sites for hydroxylation is 1. The maximum Gasteiger partial charge on any atom is 0.0928 e. The Morgan fingerprint density at radius 1 is 1.41 bits per heavy atom. The Balaban J connectivity index is 1.90. The lowest BCUT2D eigenvalue weighted by molar-refractivity contribution is -0.0707. The highest BCUT2D eigenvalue weighted by atomic mass is 32.1. The van der Waals surface area contributed by atoms with E-state index in [4.69, 9.17) is 4.74 Å². The molecule has 0 spiro atoms. The first kappa shape index (κ1) is 13.0. The normalized spacial score (nSPS) is 26.3. The van der Waals surface area contributed by atoms with Crippen molar-refractivity contribution in [2.24, 2.45) is 0 Å². The van der Waals surface area contributed by atoms with Gasteiger partial charge in [-0.05, 0) is 26.7 Å². The summed E-state index contributed by atoms with van der Waals surface area (Å²) < 4.78 is 5.74. The van der Waals surface area contributed by atoms with Crippen LogP contribution in [0.4, 0.5) is 0 Å². The van der Waals surface area contributed by atoms with Crippen LogP contribution in [-0.4, -0.2) is 35.2 Å². The largest absolute Gasteiger partial charge is 0.373 e. The van der Waals surface area contributed by atoms with Gasteiger partial charge < -0.3 is 4.74 Å². The number of nitrogens with zero attached hydrogens (tertiary/aromatic N) is 2. The van der Waals surface area contributed by atoms with Gasteiger partial charge in [0, 0.05) is 25.0 Å². The zero-order chi connectivity index (χ0) is 12.3. The lowest BCUT2D eigenvalue weighted by Gasteiger charge is -2.34. The van der Waals surface area contributed by atoms with Crippen LogP contribution in [0.3, 0.4) is 0 Å². The SMILES string of the molecule is CCCc1nc(CN2C[C@H](C)O[C@@H](C)C2)cs1. The van der Waals surface area contributed by atoms with Gasteiger partial charge in [-0.1, -0.05) is 6.92 Å². The van der Waals surface area contributed by atoms with Crippen molar-refractivity contribution in [2.45, 2.75) is 52.4 Å². The van der Waals surface area contributed by atoms with E-state index in [0.29, 0.717) is 12.2 Å². The fourth-order valence-corrected chi connectivity index (χ4v) is 3.28. The van der Waals surface area contributed by atoms with E-state index in [2.05, 4.69) is 36.0 Å². The Morgan fingerprint density at radius 3 is 2.76 bits per heavy atom. The molecule has 0 unspecified atom stereocenters. The molecular formula is C13H22N2OS. The number of ether oxygens (including phenoxy) is 1. The standard InChI is InChI=1S/C13H22N2OS/c1-4-5-13-14-12(9-17-13)8-15-6-10(2)16-11(3)7-15/h9-11H,4-8H2,1-3H3/t10-,11-/m0/s1. The highest BCUT2D eigenvalue weighted by molar-refractivity contribution is 7.09. The maximum atomic E-state index is 5.74. The summed E-state index contributed by atoms with van der Waals surface area (Å²) in [5.41, 5.74) is 1.22. The third kappa shape index (κ3) is 3.76. The number of hydrogen-bond donors (Lipinski definition) is 0. The quantitative estimate of drug-likeness (QED) is 0.826. The van der Waals surface area contributed by atoms with E-state index >= 15 is 0 Å². The van der Waals surface area contributed by atoms with Crippen LogP contribution in [0.1, 0.15) is 37.9 Å². The Hall–Kier alpha value is -0.450. The van der Waals surface area contributed by atoms with Gasteiger partial charge in [0.25, 0.3) is 0 Å². The molecule has 1 fully saturated rings. The molecule has 0 amide bonds. The molecule has 0 aliphatic carbocycles. The smallest absolute Gasteiger partial charge is 0.0928 e. The molecule has 1 saturated heterocycles. The first-order chi connectivity index (χ1) is 8.17. The predicted molar refractivity (Wildman–Crippen MR) is 71.4 cm³/mol. The Bertz CT molecular complexity index is 343. The lowest BCUT2D eigenvalue weighted by Crippen LogP contribution is -2.44. The molecular weight excluding hydrogens is 232 g/mol. The molecule has 0 saturated carbocycles. The molecule has 1 aliphatic rings. The summed E-state index contributed by atoms with van der Waals surface area (Å²) in [6, 6.07) is 0. The van der Waals surface area contributed by atoms with Gasteiger partial charge in [0.05, 0.1) is 22.9 Å². The van der Waals surface area contributed by atoms with Crippen LogP contribution in [0.15, 0.2) is 5.38 Å². The molecule has 1 aromatic heterocycles. The van der Waals surface area contributed by atoms with E-state index in [-0.39, 0.29) is 0 Å². The fraction of sp³-hybridized carbons (Fsp3) is 0.769. The molecule has 3 nitrogen and oxygen atoms in total. The molecule has 4 heteroatoms. The molecule has 2 heterocycles. The van der Waals surface area contributed by atoms with Crippen molar-refractivity contribution in [1.82, 2.24) is 9.88 Å². The molecule has 0 radical (unpaired) electrons. The van der Waals surface area contributed by atoms with Gasteiger partial charge in [-0.25, -0.2) is 4.98 Å². The average molecular weight is 254 g/mol. The molecule has 0 aromatic carbocycles. The van der Waals surface area contributed by atoms with Gasteiger partial charge in [0.15, 0.2) is 0 Å². The van der Waals surface area contributed by atoms with Crippen LogP contribution in [0.5, 0.6) is 0 Å². The molecule has 17 heavy (non-hydrogen) atoms. The van der Waals surface area contributed by atoms with E-state index < -0.39 is 0 Å². The average Bonchev–Trinajstić information content (AvgIpc) is 2.64. The molecule has 0 N–H and O–H groups in total. The van der Waals surface area contributed by atoms with Crippen molar-refractivity contribution in [1.29, 1.82) is 0 Å². The summed E-state index contributed by atoms with van der Waals surface area (Å²) in [6.07, 6.45) is 2.97. The monoisotopic (exact) mass is 254 g/mol. The molecule has 1 aromatic rings. The summed E-state index contributed by atoms with van der Waals surface area (Å²) >= 11 is 1.80. The van der Waals surface area contributed by atoms with E-state index in [9.17, 15) is 0 Å². The topological polar surface area (TPSA) is 25.4 Å². The van der Waals surface area contributed by atoms with Gasteiger partial charge in [-0.3, -0.25) is 4.90 Å². The van der Waals surface area contributed by atoms with Crippen LogP contribution in [-0.2, 0) is 17.7 Å². The highest BCUT2D eigenvalue weighted by Crippen LogP contribution is 2.17. The maximum absolute atomic E-state index is 5.74. The van der Waals surface area contributed by atoms with E-state index in [1.54, 1.807) is 11.3 Å². The minimum absolute atomic E-state index is 0.340. The van der Waals surface area contributed by atoms with Gasteiger partial charge >= 0.3 is 0 Å². The number of thiazole rings is 1. The summed E-state index contributed by atoms with van der Waals surface area (Å²) in [4.78, 5) is 7.13. The van der Waals surface area contributed by atoms with Crippen molar-refractivity contribution >= 4 is 11.3 Å². The molecule has 96 valence electrons. The van der Waals surface area contributed by atoms with Crippen LogP contribution >= 0.6 is 11.3 Å². The lowest BCUT2D eigenvalue weighted by atomic mass is 10.2. The minimum atomic E-state index is 0.340. The van der Waals surface area contributed by atoms with Crippen molar-refractivity contribution in [3.05, 3.63) is 16.1 Å². The highest BCUT2D eigenvalue weighted by Gasteiger charge is 2.22. The third-order valence-corrected chi connectivity index (χ3v) is 3.90. The Kier molecular flexibility index (Phi) is 4.54. The zero-order valence-corrected chi connectivity index (χ0v) is 11.8. The van der Waals surface area contributed by atoms with Crippen molar-refractivity contribution < 1.29 is 4.74 Å². The third-order valence-electron chi connectivity index (χ3n) is 2.94. The second-order valence-corrected chi connectivity index (χ2v) is 5.88. The van der Waals surface area contributed by atoms with Crippen LogP contribution in [0.2, 0.25) is 0 Å². The predicted octanol–water partition coefficient (Wildman–Crippen LogP) is 2.70. The van der Waals surface area contributed by atoms with Gasteiger partial charge in [0.1, 0.15) is 0 Å². The van der Waals surface area contributed by atoms with Crippen molar-refractivity contribution in [3.8, 4) is 0 Å². The van der Waals surface area contributed by atoms with Crippen LogP contribution < -0.4 is 0 Å². The van der Waals surface area contributed by atoms with Gasteiger partial charge in [-0.2, -0.15) is 0 Å². The second-order valence-electron chi connectivity index (χ2n) is 4.93. The van der Waals surface area contributed by atoms with Gasteiger partial charge in [-0.15, -0.1) is 11.3 Å². The number of rotatable bonds is 4. The summed E-state index contributed by atoms with van der Waals surface area (Å²) in [6.45, 7) is 9.50. The molecule has 1 aliphatic heterocycles. The second kappa shape index (κ2) is 5.94. The van der Waals surface area contributed by atoms with E-state index in [0.717, 1.165) is 26.1 Å². The number of aromatic nitrogens is 1. The summed E-state index contributed by atoms with van der Waals surface area (Å²) in [5.74, 6) is 0. The Labute approximate surface area is 108 Å². The minimum Gasteiger partial charge on any atom is -0.373 e. The first-order valence-corrected chi connectivity index (χ1v) is 7.36. The van der Waals surface area contributed by atoms with Gasteiger partial charge in [0.2, 0.25) is 0 Å². The van der Waals surface area contributed by atoms with E-state index in [1.165, 1.54) is 17.1 Å². The van der Waals surface area contributed by atoms with Crippen molar-refractivity contribution in [3.63, 3.8) is 0 Å². The van der Waals surface area contributed by atoms with Crippen molar-refractivity contribution in [2.75, 3.05) is 13.1 Å². The van der Waals surface area contributed by atoms with Crippen LogP contribution in [0.25, 0.3) is 0 Å². The summed E-state index contributed by atoms with van der Waals surface area (Å²) in [5, 5.41) is 3.48. The molecule has 2 atom stereocenters. The fourth-order valence-electron chi connectivity index (χ4n) is 2.39.